The Labute approximate surface area is 169 Å². The predicted octanol–water partition coefficient (Wildman–Crippen LogP) is 4.68. The van der Waals surface area contributed by atoms with Crippen molar-refractivity contribution in [1.82, 2.24) is 10.6 Å². The van der Waals surface area contributed by atoms with Crippen molar-refractivity contribution in [1.29, 1.82) is 0 Å². The molecule has 0 bridgehead atoms. The van der Waals surface area contributed by atoms with Gasteiger partial charge in [0.15, 0.2) is 0 Å². The van der Waals surface area contributed by atoms with Crippen LogP contribution in [0.25, 0.3) is 0 Å². The summed E-state index contributed by atoms with van der Waals surface area (Å²) >= 11 is 12.1. The molecule has 1 unspecified atom stereocenters. The van der Waals surface area contributed by atoms with Crippen molar-refractivity contribution in [2.45, 2.75) is 13.5 Å². The molecule has 1 amide bonds. The van der Waals surface area contributed by atoms with Gasteiger partial charge in [-0.05, 0) is 48.8 Å². The molecule has 7 heteroatoms. The van der Waals surface area contributed by atoms with Gasteiger partial charge in [-0.2, -0.15) is 0 Å². The second-order valence-corrected chi connectivity index (χ2v) is 7.01. The van der Waals surface area contributed by atoms with Crippen LogP contribution in [0.15, 0.2) is 42.5 Å². The van der Waals surface area contributed by atoms with Crippen molar-refractivity contribution >= 4 is 41.5 Å². The van der Waals surface area contributed by atoms with Crippen LogP contribution in [0.1, 0.15) is 12.5 Å². The fourth-order valence-electron chi connectivity index (χ4n) is 2.59. The van der Waals surface area contributed by atoms with Gasteiger partial charge in [-0.1, -0.05) is 48.3 Å². The summed E-state index contributed by atoms with van der Waals surface area (Å²) in [6, 6.07) is 12.8. The second kappa shape index (κ2) is 9.47. The molecule has 2 N–H and O–H groups in total. The van der Waals surface area contributed by atoms with Gasteiger partial charge in [-0.15, -0.1) is 12.4 Å². The van der Waals surface area contributed by atoms with Gasteiger partial charge in [0.1, 0.15) is 16.5 Å². The lowest BCUT2D eigenvalue weighted by Gasteiger charge is -2.31. The minimum atomic E-state index is 0. The van der Waals surface area contributed by atoms with E-state index in [4.69, 9.17) is 27.9 Å². The summed E-state index contributed by atoms with van der Waals surface area (Å²) in [6.45, 7) is 4.33. The van der Waals surface area contributed by atoms with Gasteiger partial charge in [-0.3, -0.25) is 4.79 Å². The van der Waals surface area contributed by atoms with Crippen LogP contribution in [0.2, 0.25) is 10.0 Å². The van der Waals surface area contributed by atoms with E-state index in [0.717, 1.165) is 18.7 Å². The van der Waals surface area contributed by atoms with E-state index < -0.39 is 0 Å². The zero-order valence-corrected chi connectivity index (χ0v) is 16.6. The number of ether oxygens (including phenoxy) is 1. The van der Waals surface area contributed by atoms with E-state index in [1.165, 1.54) is 0 Å². The summed E-state index contributed by atoms with van der Waals surface area (Å²) in [4.78, 5) is 12.1. The topological polar surface area (TPSA) is 50.4 Å². The third-order valence-corrected chi connectivity index (χ3v) is 5.27. The van der Waals surface area contributed by atoms with Crippen molar-refractivity contribution in [3.05, 3.63) is 58.1 Å². The maximum absolute atomic E-state index is 12.1. The standard InChI is InChI=1S/C19H20Cl2N2O2.ClH/c1-12(14-10-22-11-14)19(24)23-9-13-5-7-15(8-6-13)25-17-4-2-3-16(20)18(17)21;/h2-8,12,14,22H,9-11H2,1H3,(H,23,24);1H. The summed E-state index contributed by atoms with van der Waals surface area (Å²) in [6.07, 6.45) is 0. The van der Waals surface area contributed by atoms with Gasteiger partial charge < -0.3 is 15.4 Å². The monoisotopic (exact) mass is 414 g/mol. The average Bonchev–Trinajstić information content (AvgIpc) is 2.56. The Kier molecular flexibility index (Phi) is 7.59. The Hall–Kier alpha value is -1.46. The number of nitrogens with one attached hydrogen (secondary N) is 2. The van der Waals surface area contributed by atoms with E-state index in [2.05, 4.69) is 10.6 Å². The molecule has 3 rings (SSSR count). The van der Waals surface area contributed by atoms with E-state index >= 15 is 0 Å². The summed E-state index contributed by atoms with van der Waals surface area (Å²) in [5, 5.41) is 7.02. The lowest BCUT2D eigenvalue weighted by atomic mass is 9.88. The van der Waals surface area contributed by atoms with Crippen molar-refractivity contribution in [2.24, 2.45) is 11.8 Å². The van der Waals surface area contributed by atoms with Gasteiger partial charge in [0, 0.05) is 12.5 Å². The SMILES string of the molecule is CC(C(=O)NCc1ccc(Oc2cccc(Cl)c2Cl)cc1)C1CNC1.Cl. The lowest BCUT2D eigenvalue weighted by Crippen LogP contribution is -2.49. The highest BCUT2D eigenvalue weighted by Crippen LogP contribution is 2.34. The van der Waals surface area contributed by atoms with Gasteiger partial charge >= 0.3 is 0 Å². The van der Waals surface area contributed by atoms with Crippen LogP contribution in [-0.2, 0) is 11.3 Å². The van der Waals surface area contributed by atoms with E-state index in [1.54, 1.807) is 18.2 Å². The summed E-state index contributed by atoms with van der Waals surface area (Å²) in [7, 11) is 0. The Balaban J connectivity index is 0.00000243. The molecule has 1 saturated heterocycles. The lowest BCUT2D eigenvalue weighted by molar-refractivity contribution is -0.126. The second-order valence-electron chi connectivity index (χ2n) is 6.22. The van der Waals surface area contributed by atoms with Crippen LogP contribution in [0, 0.1) is 11.8 Å². The zero-order valence-electron chi connectivity index (χ0n) is 14.3. The molecule has 1 atom stereocenters. The highest BCUT2D eigenvalue weighted by molar-refractivity contribution is 6.42. The fourth-order valence-corrected chi connectivity index (χ4v) is 2.92. The van der Waals surface area contributed by atoms with Crippen molar-refractivity contribution in [3.63, 3.8) is 0 Å². The highest BCUT2D eigenvalue weighted by atomic mass is 35.5. The van der Waals surface area contributed by atoms with Crippen LogP contribution in [0.4, 0.5) is 0 Å². The molecule has 4 nitrogen and oxygen atoms in total. The normalized spacial score (nSPS) is 14.7. The Bertz CT molecular complexity index is 749. The van der Waals surface area contributed by atoms with Gasteiger partial charge in [0.25, 0.3) is 0 Å². The molecule has 1 fully saturated rings. The summed E-state index contributed by atoms with van der Waals surface area (Å²) in [5.74, 6) is 1.75. The van der Waals surface area contributed by atoms with E-state index in [9.17, 15) is 4.79 Å². The molecule has 0 aliphatic carbocycles. The quantitative estimate of drug-likeness (QED) is 0.720. The highest BCUT2D eigenvalue weighted by Gasteiger charge is 2.28. The number of amides is 1. The van der Waals surface area contributed by atoms with Crippen LogP contribution < -0.4 is 15.4 Å². The zero-order chi connectivity index (χ0) is 17.8. The molecule has 0 spiro atoms. The molecular formula is C19H21Cl3N2O2. The van der Waals surface area contributed by atoms with Gasteiger partial charge in [0.05, 0.1) is 5.02 Å². The maximum Gasteiger partial charge on any atom is 0.223 e. The molecule has 0 aromatic heterocycles. The van der Waals surface area contributed by atoms with E-state index in [-0.39, 0.29) is 24.2 Å². The Morgan fingerprint density at radius 1 is 1.23 bits per heavy atom. The van der Waals surface area contributed by atoms with Crippen LogP contribution in [0.5, 0.6) is 11.5 Å². The van der Waals surface area contributed by atoms with Crippen molar-refractivity contribution < 1.29 is 9.53 Å². The molecule has 1 heterocycles. The summed E-state index contributed by atoms with van der Waals surface area (Å²) in [5.41, 5.74) is 1.01. The molecule has 140 valence electrons. The molecule has 2 aromatic carbocycles. The van der Waals surface area contributed by atoms with E-state index in [0.29, 0.717) is 34.0 Å². The number of carbonyl (C=O) groups excluding carboxylic acids is 1. The van der Waals surface area contributed by atoms with E-state index in [1.807, 2.05) is 31.2 Å². The first-order chi connectivity index (χ1) is 12.0. The number of halogens is 3. The van der Waals surface area contributed by atoms with Crippen molar-refractivity contribution in [3.8, 4) is 11.5 Å². The number of benzene rings is 2. The first kappa shape index (κ1) is 20.8. The maximum atomic E-state index is 12.1. The molecule has 0 radical (unpaired) electrons. The van der Waals surface area contributed by atoms with Crippen LogP contribution in [-0.4, -0.2) is 19.0 Å². The molecular weight excluding hydrogens is 395 g/mol. The minimum absolute atomic E-state index is 0. The number of hydrogen-bond acceptors (Lipinski definition) is 3. The minimum Gasteiger partial charge on any atom is -0.456 e. The number of hydrogen-bond donors (Lipinski definition) is 2. The summed E-state index contributed by atoms with van der Waals surface area (Å²) < 4.78 is 5.75. The molecule has 2 aromatic rings. The third-order valence-electron chi connectivity index (χ3n) is 4.47. The Morgan fingerprint density at radius 3 is 2.54 bits per heavy atom. The molecule has 26 heavy (non-hydrogen) atoms. The molecule has 1 aliphatic rings. The van der Waals surface area contributed by atoms with Crippen molar-refractivity contribution in [2.75, 3.05) is 13.1 Å². The first-order valence-electron chi connectivity index (χ1n) is 8.24. The van der Waals surface area contributed by atoms with Gasteiger partial charge in [-0.25, -0.2) is 0 Å². The molecule has 0 saturated carbocycles. The first-order valence-corrected chi connectivity index (χ1v) is 8.99. The average molecular weight is 416 g/mol. The smallest absolute Gasteiger partial charge is 0.223 e. The Morgan fingerprint density at radius 2 is 1.92 bits per heavy atom. The largest absolute Gasteiger partial charge is 0.456 e. The van der Waals surface area contributed by atoms with Gasteiger partial charge in [0.2, 0.25) is 5.91 Å². The van der Waals surface area contributed by atoms with Crippen LogP contribution in [0.3, 0.4) is 0 Å². The predicted molar refractivity (Wildman–Crippen MR) is 108 cm³/mol. The fraction of sp³-hybridized carbons (Fsp3) is 0.316. The number of rotatable bonds is 6. The number of carbonyl (C=O) groups is 1. The molecule has 1 aliphatic heterocycles. The van der Waals surface area contributed by atoms with Crippen LogP contribution >= 0.6 is 35.6 Å². The third kappa shape index (κ3) is 5.04.